The molecule has 2 aliphatic rings. The van der Waals surface area contributed by atoms with Crippen molar-refractivity contribution in [3.05, 3.63) is 41.4 Å². The van der Waals surface area contributed by atoms with E-state index in [-0.39, 0.29) is 30.5 Å². The maximum absolute atomic E-state index is 11.4. The zero-order chi connectivity index (χ0) is 23.8. The lowest BCUT2D eigenvalue weighted by atomic mass is 9.85. The van der Waals surface area contributed by atoms with Crippen LogP contribution < -0.4 is 4.74 Å². The van der Waals surface area contributed by atoms with Crippen LogP contribution in [0.15, 0.2) is 36.4 Å². The molecule has 0 spiro atoms. The molecule has 0 radical (unpaired) electrons. The van der Waals surface area contributed by atoms with Gasteiger partial charge in [-0.25, -0.2) is 0 Å². The fourth-order valence-electron chi connectivity index (χ4n) is 5.17. The molecule has 3 N–H and O–H groups in total. The van der Waals surface area contributed by atoms with Crippen molar-refractivity contribution >= 4 is 17.6 Å². The Morgan fingerprint density at radius 2 is 2.15 bits per heavy atom. The predicted octanol–water partition coefficient (Wildman–Crippen LogP) is 4.71. The first-order valence-electron chi connectivity index (χ1n) is 12.1. The van der Waals surface area contributed by atoms with Crippen molar-refractivity contribution in [2.75, 3.05) is 13.2 Å². The SMILES string of the molecule is CCCC(CC[C@@H]1CC[C@@H]2[C@@H](/C=C/[C@H](O)COc3cccc(Cl)c3)[C@H](O)C[C@@H]2OC1)C(=O)O. The molecule has 2 fully saturated rings. The minimum absolute atomic E-state index is 0.00501. The number of aliphatic carboxylic acids is 1. The summed E-state index contributed by atoms with van der Waals surface area (Å²) in [6, 6.07) is 7.04. The van der Waals surface area contributed by atoms with Crippen LogP contribution in [0.3, 0.4) is 0 Å². The van der Waals surface area contributed by atoms with Crippen LogP contribution in [0.2, 0.25) is 5.02 Å². The van der Waals surface area contributed by atoms with Crippen LogP contribution in [-0.4, -0.2) is 52.8 Å². The Morgan fingerprint density at radius 1 is 1.33 bits per heavy atom. The summed E-state index contributed by atoms with van der Waals surface area (Å²) >= 11 is 5.95. The zero-order valence-corrected chi connectivity index (χ0v) is 20.1. The van der Waals surface area contributed by atoms with E-state index >= 15 is 0 Å². The van der Waals surface area contributed by atoms with Crippen LogP contribution in [0.1, 0.15) is 51.9 Å². The van der Waals surface area contributed by atoms with Crippen molar-refractivity contribution in [3.63, 3.8) is 0 Å². The van der Waals surface area contributed by atoms with Gasteiger partial charge in [0.1, 0.15) is 18.5 Å². The van der Waals surface area contributed by atoms with E-state index in [2.05, 4.69) is 0 Å². The van der Waals surface area contributed by atoms with Crippen molar-refractivity contribution in [1.82, 2.24) is 0 Å². The van der Waals surface area contributed by atoms with Gasteiger partial charge < -0.3 is 24.8 Å². The molecule has 3 rings (SSSR count). The van der Waals surface area contributed by atoms with E-state index in [0.717, 1.165) is 32.1 Å². The molecule has 33 heavy (non-hydrogen) atoms. The lowest BCUT2D eigenvalue weighted by Gasteiger charge is -2.21. The van der Waals surface area contributed by atoms with Gasteiger partial charge in [0, 0.05) is 24.0 Å². The van der Waals surface area contributed by atoms with Crippen LogP contribution in [0, 0.1) is 23.7 Å². The summed E-state index contributed by atoms with van der Waals surface area (Å²) in [6.45, 7) is 2.75. The molecule has 0 aromatic heterocycles. The quantitative estimate of drug-likeness (QED) is 0.397. The smallest absolute Gasteiger partial charge is 0.306 e. The third-order valence-corrected chi connectivity index (χ3v) is 7.26. The van der Waals surface area contributed by atoms with E-state index < -0.39 is 18.2 Å². The Hall–Kier alpha value is -1.60. The first-order valence-corrected chi connectivity index (χ1v) is 12.5. The number of halogens is 1. The molecule has 1 unspecified atom stereocenters. The molecule has 7 heteroatoms. The first kappa shape index (κ1) is 26.0. The van der Waals surface area contributed by atoms with Gasteiger partial charge in [0.2, 0.25) is 0 Å². The molecule has 0 bridgehead atoms. The third kappa shape index (κ3) is 7.71. The molecule has 1 heterocycles. The maximum atomic E-state index is 11.4. The van der Waals surface area contributed by atoms with Crippen LogP contribution in [-0.2, 0) is 9.53 Å². The molecular weight excluding hydrogens is 444 g/mol. The van der Waals surface area contributed by atoms with E-state index in [9.17, 15) is 20.1 Å². The minimum atomic E-state index is -0.791. The van der Waals surface area contributed by atoms with E-state index in [1.54, 1.807) is 30.3 Å². The van der Waals surface area contributed by atoms with Crippen LogP contribution in [0.4, 0.5) is 0 Å². The van der Waals surface area contributed by atoms with E-state index in [1.807, 2.05) is 13.0 Å². The van der Waals surface area contributed by atoms with Crippen molar-refractivity contribution in [3.8, 4) is 5.75 Å². The van der Waals surface area contributed by atoms with Crippen molar-refractivity contribution in [2.24, 2.45) is 23.7 Å². The van der Waals surface area contributed by atoms with Gasteiger partial charge >= 0.3 is 5.97 Å². The molecule has 1 aromatic rings. The highest BCUT2D eigenvalue weighted by Crippen LogP contribution is 2.42. The fraction of sp³-hybridized carbons (Fsp3) is 0.654. The average molecular weight is 481 g/mol. The number of rotatable bonds is 11. The number of aliphatic hydroxyl groups excluding tert-OH is 2. The highest BCUT2D eigenvalue weighted by atomic mass is 35.5. The summed E-state index contributed by atoms with van der Waals surface area (Å²) in [4.78, 5) is 11.4. The number of carboxylic acid groups (broad SMARTS) is 1. The normalized spacial score (nSPS) is 29.4. The van der Waals surface area contributed by atoms with Gasteiger partial charge in [0.15, 0.2) is 0 Å². The van der Waals surface area contributed by atoms with Gasteiger partial charge in [-0.05, 0) is 62.1 Å². The molecular formula is C26H37ClO6. The summed E-state index contributed by atoms with van der Waals surface area (Å²) in [7, 11) is 0. The number of aliphatic hydroxyl groups is 2. The van der Waals surface area contributed by atoms with Gasteiger partial charge in [0.05, 0.1) is 18.1 Å². The van der Waals surface area contributed by atoms with Gasteiger partial charge in [-0.3, -0.25) is 4.79 Å². The second kappa shape index (κ2) is 12.7. The van der Waals surface area contributed by atoms with Crippen LogP contribution in [0.5, 0.6) is 5.75 Å². The molecule has 1 aliphatic heterocycles. The van der Waals surface area contributed by atoms with Crippen molar-refractivity contribution in [1.29, 1.82) is 0 Å². The van der Waals surface area contributed by atoms with Gasteiger partial charge in [-0.2, -0.15) is 0 Å². The summed E-state index contributed by atoms with van der Waals surface area (Å²) < 4.78 is 11.8. The molecule has 1 aliphatic carbocycles. The molecule has 1 saturated heterocycles. The van der Waals surface area contributed by atoms with E-state index in [4.69, 9.17) is 21.1 Å². The standard InChI is InChI=1S/C26H37ClO6/c1-2-4-18(26(30)31)9-7-17-8-11-23-22(24(29)14-25(23)33-15-17)12-10-20(28)16-32-21-6-3-5-19(27)13-21/h3,5-6,10,12-13,17-18,20,22-25,28-29H,2,4,7-9,11,14-16H2,1H3,(H,30,31)/b12-10+/t17-,18?,20+,22-,23-,24-,25+/m1/s1. The number of hydrogen-bond acceptors (Lipinski definition) is 5. The first-order chi connectivity index (χ1) is 15.9. The summed E-state index contributed by atoms with van der Waals surface area (Å²) in [5, 5.41) is 30.9. The molecule has 7 atom stereocenters. The molecule has 1 aromatic carbocycles. The Bertz CT molecular complexity index is 784. The van der Waals surface area contributed by atoms with Gasteiger partial charge in [-0.15, -0.1) is 0 Å². The molecule has 1 saturated carbocycles. The molecule has 184 valence electrons. The Kier molecular flexibility index (Phi) is 10.0. The number of carboxylic acids is 1. The maximum Gasteiger partial charge on any atom is 0.306 e. The van der Waals surface area contributed by atoms with Gasteiger partial charge in [0.25, 0.3) is 0 Å². The summed E-state index contributed by atoms with van der Waals surface area (Å²) in [5.41, 5.74) is 0. The van der Waals surface area contributed by atoms with Crippen LogP contribution >= 0.6 is 11.6 Å². The topological polar surface area (TPSA) is 96.2 Å². The van der Waals surface area contributed by atoms with Crippen molar-refractivity contribution in [2.45, 2.75) is 70.2 Å². The number of carbonyl (C=O) groups is 1. The number of benzene rings is 1. The fourth-order valence-corrected chi connectivity index (χ4v) is 5.35. The largest absolute Gasteiger partial charge is 0.491 e. The molecule has 0 amide bonds. The molecule has 6 nitrogen and oxygen atoms in total. The number of ether oxygens (including phenoxy) is 2. The lowest BCUT2D eigenvalue weighted by molar-refractivity contribution is -0.142. The highest BCUT2D eigenvalue weighted by Gasteiger charge is 2.43. The number of hydrogen-bond donors (Lipinski definition) is 3. The summed E-state index contributed by atoms with van der Waals surface area (Å²) in [5.74, 6) is 0.117. The number of fused-ring (bicyclic) bond motifs is 1. The second-order valence-electron chi connectivity index (χ2n) is 9.48. The Balaban J connectivity index is 1.50. The monoisotopic (exact) mass is 480 g/mol. The van der Waals surface area contributed by atoms with Gasteiger partial charge in [-0.1, -0.05) is 43.2 Å². The minimum Gasteiger partial charge on any atom is -0.491 e. The Morgan fingerprint density at radius 3 is 2.88 bits per heavy atom. The Labute approximate surface area is 201 Å². The van der Waals surface area contributed by atoms with E-state index in [1.165, 1.54) is 0 Å². The third-order valence-electron chi connectivity index (χ3n) is 7.03. The lowest BCUT2D eigenvalue weighted by Crippen LogP contribution is -2.22. The summed E-state index contributed by atoms with van der Waals surface area (Å²) in [6.07, 6.45) is 7.98. The van der Waals surface area contributed by atoms with Crippen LogP contribution in [0.25, 0.3) is 0 Å². The zero-order valence-electron chi connectivity index (χ0n) is 19.3. The highest BCUT2D eigenvalue weighted by molar-refractivity contribution is 6.30. The average Bonchev–Trinajstić information content (AvgIpc) is 2.94. The predicted molar refractivity (Wildman–Crippen MR) is 127 cm³/mol. The van der Waals surface area contributed by atoms with E-state index in [0.29, 0.717) is 36.1 Å². The second-order valence-corrected chi connectivity index (χ2v) is 9.92. The van der Waals surface area contributed by atoms with Crippen molar-refractivity contribution < 1.29 is 29.6 Å².